The van der Waals surface area contributed by atoms with Gasteiger partial charge in [-0.05, 0) is 76.2 Å². The van der Waals surface area contributed by atoms with E-state index >= 15 is 0 Å². The molecule has 0 radical (unpaired) electrons. The van der Waals surface area contributed by atoms with Gasteiger partial charge in [-0.2, -0.15) is 12.6 Å². The number of hydrogen-bond donors (Lipinski definition) is 1. The molecular weight excluding hydrogens is 295 g/mol. The molecule has 5 heteroatoms. The van der Waals surface area contributed by atoms with Crippen molar-refractivity contribution in [3.05, 3.63) is 27.8 Å². The Hall–Kier alpha value is -0.775. The lowest BCUT2D eigenvalue weighted by Gasteiger charge is -2.32. The van der Waals surface area contributed by atoms with Gasteiger partial charge in [0.2, 0.25) is 0 Å². The molecule has 1 fully saturated rings. The van der Waals surface area contributed by atoms with E-state index in [1.54, 1.807) is 0 Å². The van der Waals surface area contributed by atoms with Crippen LogP contribution in [0.5, 0.6) is 0 Å². The predicted molar refractivity (Wildman–Crippen MR) is 94.4 cm³/mol. The lowest BCUT2D eigenvalue weighted by atomic mass is 9.70. The highest BCUT2D eigenvalue weighted by atomic mass is 32.1. The Kier molecular flexibility index (Phi) is 4.55. The van der Waals surface area contributed by atoms with Crippen LogP contribution in [0.25, 0.3) is 0 Å². The summed E-state index contributed by atoms with van der Waals surface area (Å²) in [5, 5.41) is 0. The van der Waals surface area contributed by atoms with Crippen LogP contribution in [0.15, 0.2) is 0 Å². The van der Waals surface area contributed by atoms with Crippen molar-refractivity contribution < 1.29 is 14.1 Å². The summed E-state index contributed by atoms with van der Waals surface area (Å²) in [4.78, 5) is 11.5. The number of hydrogen-bond acceptors (Lipinski definition) is 4. The average Bonchev–Trinajstić information content (AvgIpc) is 2.58. The van der Waals surface area contributed by atoms with E-state index in [1.165, 1.54) is 0 Å². The molecule has 1 heterocycles. The number of thiol groups is 1. The van der Waals surface area contributed by atoms with E-state index in [4.69, 9.17) is 9.31 Å². The van der Waals surface area contributed by atoms with E-state index in [9.17, 15) is 4.79 Å². The van der Waals surface area contributed by atoms with Crippen LogP contribution >= 0.6 is 12.6 Å². The summed E-state index contributed by atoms with van der Waals surface area (Å²) in [5.74, 6) is 0.589. The van der Waals surface area contributed by atoms with Crippen LogP contribution in [-0.4, -0.2) is 24.6 Å². The number of carbonyl (C=O) groups is 1. The van der Waals surface area contributed by atoms with E-state index < -0.39 is 18.3 Å². The molecule has 0 amide bonds. The van der Waals surface area contributed by atoms with Crippen molar-refractivity contribution in [3.63, 3.8) is 0 Å². The minimum Gasteiger partial charge on any atom is -0.399 e. The summed E-state index contributed by atoms with van der Waals surface area (Å²) in [6.45, 7) is 14.1. The molecule has 0 N–H and O–H groups in total. The van der Waals surface area contributed by atoms with E-state index in [1.807, 2.05) is 41.5 Å². The number of aldehydes is 1. The molecule has 0 bridgehead atoms. The van der Waals surface area contributed by atoms with Crippen molar-refractivity contribution in [2.45, 2.75) is 65.4 Å². The molecular formula is C17H25BO3S. The maximum atomic E-state index is 11.5. The van der Waals surface area contributed by atoms with Crippen LogP contribution in [0.3, 0.4) is 0 Å². The molecule has 3 nitrogen and oxygen atoms in total. The minimum atomic E-state index is -0.456. The molecule has 0 atom stereocenters. The second kappa shape index (κ2) is 5.70. The minimum absolute atomic E-state index is 0.399. The molecule has 1 aromatic carbocycles. The number of rotatable bonds is 3. The third kappa shape index (κ3) is 2.53. The average molecular weight is 320 g/mol. The van der Waals surface area contributed by atoms with Crippen LogP contribution in [-0.2, 0) is 15.1 Å². The second-order valence-corrected chi connectivity index (χ2v) is 7.36. The Morgan fingerprint density at radius 1 is 1.00 bits per heavy atom. The fraction of sp³-hybridized carbons (Fsp3) is 0.588. The molecule has 0 aromatic heterocycles. The first-order chi connectivity index (χ1) is 10.1. The molecule has 120 valence electrons. The molecule has 0 aliphatic carbocycles. The molecule has 0 unspecified atom stereocenters. The van der Waals surface area contributed by atoms with Gasteiger partial charge in [0.05, 0.1) is 11.2 Å². The smallest absolute Gasteiger partial charge is 0.399 e. The predicted octanol–water partition coefficient (Wildman–Crippen LogP) is 3.15. The molecule has 0 saturated carbocycles. The van der Waals surface area contributed by atoms with Crippen LogP contribution in [0.2, 0.25) is 0 Å². The van der Waals surface area contributed by atoms with Gasteiger partial charge in [-0.25, -0.2) is 0 Å². The number of carbonyl (C=O) groups excluding carboxylic acids is 1. The first-order valence-corrected chi connectivity index (χ1v) is 8.24. The molecule has 1 aliphatic rings. The van der Waals surface area contributed by atoms with Gasteiger partial charge in [0.15, 0.2) is 6.29 Å². The molecule has 1 aliphatic heterocycles. The fourth-order valence-corrected chi connectivity index (χ4v) is 3.52. The SMILES string of the molecule is Cc1c(C=O)c(C)c(B2OC(C)(C)C(C)(C)O2)c(C)c1CS. The zero-order valence-corrected chi connectivity index (χ0v) is 15.4. The van der Waals surface area contributed by atoms with Crippen molar-refractivity contribution in [2.24, 2.45) is 0 Å². The topological polar surface area (TPSA) is 35.5 Å². The molecule has 0 spiro atoms. The van der Waals surface area contributed by atoms with Gasteiger partial charge in [0.1, 0.15) is 0 Å². The van der Waals surface area contributed by atoms with Crippen molar-refractivity contribution in [3.8, 4) is 0 Å². The summed E-state index contributed by atoms with van der Waals surface area (Å²) >= 11 is 4.43. The zero-order valence-electron chi connectivity index (χ0n) is 14.5. The van der Waals surface area contributed by atoms with E-state index in [0.29, 0.717) is 5.75 Å². The molecule has 1 aromatic rings. The lowest BCUT2D eigenvalue weighted by molar-refractivity contribution is 0.00578. The Morgan fingerprint density at radius 3 is 1.91 bits per heavy atom. The fourth-order valence-electron chi connectivity index (χ4n) is 3.04. The van der Waals surface area contributed by atoms with Gasteiger partial charge < -0.3 is 9.31 Å². The van der Waals surface area contributed by atoms with Crippen LogP contribution in [0.4, 0.5) is 0 Å². The van der Waals surface area contributed by atoms with Gasteiger partial charge in [0.25, 0.3) is 0 Å². The van der Waals surface area contributed by atoms with Crippen LogP contribution in [0, 0.1) is 20.8 Å². The summed E-state index contributed by atoms with van der Waals surface area (Å²) in [6, 6.07) is 0. The summed E-state index contributed by atoms with van der Waals surface area (Å²) in [6.07, 6.45) is 0.922. The monoisotopic (exact) mass is 320 g/mol. The zero-order chi connectivity index (χ0) is 16.9. The third-order valence-electron chi connectivity index (χ3n) is 5.29. The van der Waals surface area contributed by atoms with Crippen molar-refractivity contribution in [2.75, 3.05) is 0 Å². The van der Waals surface area contributed by atoms with Gasteiger partial charge >= 0.3 is 7.12 Å². The third-order valence-corrected chi connectivity index (χ3v) is 5.60. The Bertz CT molecular complexity index is 607. The van der Waals surface area contributed by atoms with Gasteiger partial charge in [0, 0.05) is 11.3 Å². The van der Waals surface area contributed by atoms with E-state index in [-0.39, 0.29) is 0 Å². The van der Waals surface area contributed by atoms with Crippen LogP contribution < -0.4 is 5.46 Å². The largest absolute Gasteiger partial charge is 0.495 e. The summed E-state index contributed by atoms with van der Waals surface area (Å²) in [7, 11) is -0.456. The highest BCUT2D eigenvalue weighted by molar-refractivity contribution is 7.79. The standard InChI is InChI=1S/C17H25BO3S/c1-10-13(8-19)11(2)15(12(3)14(10)9-22)18-20-16(4,5)17(6,7)21-18/h8,22H,9H2,1-7H3. The highest BCUT2D eigenvalue weighted by Crippen LogP contribution is 2.37. The maximum Gasteiger partial charge on any atom is 0.495 e. The van der Waals surface area contributed by atoms with E-state index in [0.717, 1.165) is 39.6 Å². The first kappa shape index (κ1) is 17.6. The highest BCUT2D eigenvalue weighted by Gasteiger charge is 2.52. The Labute approximate surface area is 139 Å². The van der Waals surface area contributed by atoms with Gasteiger partial charge in [-0.15, -0.1) is 0 Å². The van der Waals surface area contributed by atoms with Gasteiger partial charge in [-0.3, -0.25) is 4.79 Å². The maximum absolute atomic E-state index is 11.5. The van der Waals surface area contributed by atoms with Crippen molar-refractivity contribution in [1.82, 2.24) is 0 Å². The molecule has 2 rings (SSSR count). The van der Waals surface area contributed by atoms with Crippen LogP contribution in [0.1, 0.15) is 60.3 Å². The van der Waals surface area contributed by atoms with E-state index in [2.05, 4.69) is 19.6 Å². The lowest BCUT2D eigenvalue weighted by Crippen LogP contribution is -2.41. The number of benzene rings is 1. The summed E-state index contributed by atoms with van der Waals surface area (Å²) in [5.41, 5.74) is 5.02. The Morgan fingerprint density at radius 2 is 1.50 bits per heavy atom. The molecule has 22 heavy (non-hydrogen) atoms. The van der Waals surface area contributed by atoms with Crippen molar-refractivity contribution in [1.29, 1.82) is 0 Å². The molecule has 1 saturated heterocycles. The van der Waals surface area contributed by atoms with Gasteiger partial charge in [-0.1, -0.05) is 0 Å². The Balaban J connectivity index is 2.65. The normalized spacial score (nSPS) is 19.5. The van der Waals surface area contributed by atoms with Crippen molar-refractivity contribution >= 4 is 31.5 Å². The first-order valence-electron chi connectivity index (χ1n) is 7.61. The quantitative estimate of drug-likeness (QED) is 0.528. The summed E-state index contributed by atoms with van der Waals surface area (Å²) < 4.78 is 12.4. The second-order valence-electron chi connectivity index (χ2n) is 7.05.